The van der Waals surface area contributed by atoms with Crippen molar-refractivity contribution in [3.8, 4) is 0 Å². The van der Waals surface area contributed by atoms with Gasteiger partial charge < -0.3 is 9.47 Å². The molecule has 2 aromatic carbocycles. The molecule has 2 amide bonds. The molecule has 0 heterocycles. The van der Waals surface area contributed by atoms with Crippen LogP contribution in [0.15, 0.2) is 58.4 Å². The van der Waals surface area contributed by atoms with Crippen molar-refractivity contribution in [2.24, 2.45) is 4.99 Å². The first-order chi connectivity index (χ1) is 18.5. The number of hydrogen-bond acceptors (Lipinski definition) is 8. The Bertz CT molecular complexity index is 1230. The number of aryl methyl sites for hydroxylation is 2. The molecule has 220 valence electrons. The quantitative estimate of drug-likeness (QED) is 0.180. The van der Waals surface area contributed by atoms with Gasteiger partial charge in [-0.25, -0.2) is 9.59 Å². The zero-order chi connectivity index (χ0) is 30.0. The summed E-state index contributed by atoms with van der Waals surface area (Å²) in [6, 6.07) is 14.4. The minimum Gasteiger partial charge on any atom is -0.444 e. The number of guanidine groups is 1. The molecule has 0 aliphatic rings. The first-order valence-corrected chi connectivity index (χ1v) is 14.5. The van der Waals surface area contributed by atoms with Crippen molar-refractivity contribution in [3.63, 3.8) is 0 Å². The van der Waals surface area contributed by atoms with Gasteiger partial charge in [0.15, 0.2) is 0 Å². The van der Waals surface area contributed by atoms with Crippen LogP contribution in [0.1, 0.15) is 64.7 Å². The highest BCUT2D eigenvalue weighted by molar-refractivity contribution is 7.86. The van der Waals surface area contributed by atoms with Gasteiger partial charge in [0, 0.05) is 6.54 Å². The third-order valence-corrected chi connectivity index (χ3v) is 6.42. The molecule has 0 aromatic heterocycles. The largest absolute Gasteiger partial charge is 0.444 e. The summed E-state index contributed by atoms with van der Waals surface area (Å²) in [7, 11) is -3.77. The lowest BCUT2D eigenvalue weighted by molar-refractivity contribution is 0.0545. The number of aliphatic imine (C=N–C) groups is 1. The maximum atomic E-state index is 12.3. The average Bonchev–Trinajstić information content (AvgIpc) is 2.80. The van der Waals surface area contributed by atoms with Crippen molar-refractivity contribution in [1.29, 1.82) is 0 Å². The van der Waals surface area contributed by atoms with Gasteiger partial charge >= 0.3 is 12.2 Å². The van der Waals surface area contributed by atoms with E-state index in [-0.39, 0.29) is 24.0 Å². The van der Waals surface area contributed by atoms with Gasteiger partial charge in [0.05, 0.1) is 11.5 Å². The van der Waals surface area contributed by atoms with Crippen LogP contribution in [-0.4, -0.2) is 50.9 Å². The van der Waals surface area contributed by atoms with Gasteiger partial charge in [-0.15, -0.1) is 0 Å². The molecule has 0 unspecified atom stereocenters. The predicted molar refractivity (Wildman–Crippen MR) is 154 cm³/mol. The van der Waals surface area contributed by atoms with Crippen LogP contribution in [0.5, 0.6) is 0 Å². The topological polar surface area (TPSA) is 132 Å². The minimum atomic E-state index is -3.77. The van der Waals surface area contributed by atoms with Crippen LogP contribution in [-0.2, 0) is 36.6 Å². The summed E-state index contributed by atoms with van der Waals surface area (Å²) in [5.41, 5.74) is 1.58. The van der Waals surface area contributed by atoms with Crippen molar-refractivity contribution in [2.45, 2.75) is 83.8 Å². The molecule has 0 spiro atoms. The lowest BCUT2D eigenvalue weighted by atomic mass is 10.1. The Morgan fingerprint density at radius 2 is 1.25 bits per heavy atom. The van der Waals surface area contributed by atoms with Crippen molar-refractivity contribution in [3.05, 3.63) is 65.2 Å². The molecule has 0 saturated carbocycles. The maximum Gasteiger partial charge on any atom is 0.414 e. The molecule has 0 saturated heterocycles. The highest BCUT2D eigenvalue weighted by Gasteiger charge is 2.21. The van der Waals surface area contributed by atoms with Gasteiger partial charge in [0.25, 0.3) is 10.1 Å². The van der Waals surface area contributed by atoms with Gasteiger partial charge in [0.2, 0.25) is 5.96 Å². The van der Waals surface area contributed by atoms with Crippen LogP contribution >= 0.6 is 0 Å². The number of nitrogens with zero attached hydrogens (tertiary/aromatic N) is 1. The predicted octanol–water partition coefficient (Wildman–Crippen LogP) is 5.28. The van der Waals surface area contributed by atoms with Crippen LogP contribution in [0.25, 0.3) is 0 Å². The fourth-order valence-electron chi connectivity index (χ4n) is 3.30. The molecule has 0 bridgehead atoms. The number of alkyl carbamates (subject to hydrolysis) is 2. The zero-order valence-electron chi connectivity index (χ0n) is 24.4. The van der Waals surface area contributed by atoms with E-state index >= 15 is 0 Å². The van der Waals surface area contributed by atoms with E-state index in [0.29, 0.717) is 19.3 Å². The van der Waals surface area contributed by atoms with E-state index in [1.165, 1.54) is 12.1 Å². The first-order valence-electron chi connectivity index (χ1n) is 13.1. The summed E-state index contributed by atoms with van der Waals surface area (Å²) in [5, 5.41) is 4.92. The molecule has 11 heteroatoms. The Morgan fingerprint density at radius 3 is 1.73 bits per heavy atom. The van der Waals surface area contributed by atoms with Gasteiger partial charge in [-0.05, 0) is 91.0 Å². The number of rotatable bonds is 9. The lowest BCUT2D eigenvalue weighted by Gasteiger charge is -2.22. The van der Waals surface area contributed by atoms with E-state index in [4.69, 9.17) is 13.7 Å². The zero-order valence-corrected chi connectivity index (χ0v) is 25.2. The molecule has 40 heavy (non-hydrogen) atoms. The monoisotopic (exact) mass is 575 g/mol. The lowest BCUT2D eigenvalue weighted by Crippen LogP contribution is -2.47. The second-order valence-electron chi connectivity index (χ2n) is 11.2. The number of hydrogen-bond donors (Lipinski definition) is 2. The van der Waals surface area contributed by atoms with Gasteiger partial charge in [-0.2, -0.15) is 8.42 Å². The number of amides is 2. The van der Waals surface area contributed by atoms with Gasteiger partial charge in [-0.3, -0.25) is 19.8 Å². The second kappa shape index (κ2) is 14.3. The summed E-state index contributed by atoms with van der Waals surface area (Å²) in [6.07, 6.45) is 0.258. The summed E-state index contributed by atoms with van der Waals surface area (Å²) in [6.45, 7) is 12.6. The molecule has 10 nitrogen and oxygen atoms in total. The molecule has 0 fully saturated rings. The highest BCUT2D eigenvalue weighted by Crippen LogP contribution is 2.15. The van der Waals surface area contributed by atoms with Gasteiger partial charge in [0.1, 0.15) is 11.2 Å². The number of benzene rings is 2. The summed E-state index contributed by atoms with van der Waals surface area (Å²) in [4.78, 5) is 28.9. The smallest absolute Gasteiger partial charge is 0.414 e. The number of carbonyl (C=O) groups is 2. The van der Waals surface area contributed by atoms with Gasteiger partial charge in [-0.1, -0.05) is 42.0 Å². The number of carbonyl (C=O) groups excluding carboxylic acids is 2. The molecule has 0 aliphatic heterocycles. The Hall–Kier alpha value is -3.44. The summed E-state index contributed by atoms with van der Waals surface area (Å²) in [5.74, 6) is -0.0688. The number of nitrogens with one attached hydrogen (secondary N) is 2. The molecule has 2 rings (SSSR count). The molecule has 2 N–H and O–H groups in total. The molecular weight excluding hydrogens is 534 g/mol. The minimum absolute atomic E-state index is 0.0688. The SMILES string of the molecule is Cc1ccc(S(=O)(=O)OCCCc2ccc(CCN=C(NC(=O)OC(C)(C)C)NC(=O)OC(C)(C)C)cc2)cc1. The molecule has 0 radical (unpaired) electrons. The molecule has 2 aromatic rings. The fourth-order valence-corrected chi connectivity index (χ4v) is 4.24. The van der Waals surface area contributed by atoms with E-state index in [1.807, 2.05) is 31.2 Å². The summed E-state index contributed by atoms with van der Waals surface area (Å²) >= 11 is 0. The van der Waals surface area contributed by atoms with E-state index in [1.54, 1.807) is 53.7 Å². The molecule has 0 aliphatic carbocycles. The highest BCUT2D eigenvalue weighted by atomic mass is 32.2. The van der Waals surface area contributed by atoms with E-state index in [9.17, 15) is 18.0 Å². The van der Waals surface area contributed by atoms with Crippen molar-refractivity contribution in [2.75, 3.05) is 13.2 Å². The third kappa shape index (κ3) is 13.1. The maximum absolute atomic E-state index is 12.3. The van der Waals surface area contributed by atoms with E-state index < -0.39 is 33.5 Å². The van der Waals surface area contributed by atoms with Crippen LogP contribution < -0.4 is 10.6 Å². The summed E-state index contributed by atoms with van der Waals surface area (Å²) < 4.78 is 40.3. The number of ether oxygens (including phenoxy) is 2. The Morgan fingerprint density at radius 1 is 0.775 bits per heavy atom. The molecule has 0 atom stereocenters. The van der Waals surface area contributed by atoms with Crippen LogP contribution in [0, 0.1) is 6.92 Å². The molecular formula is C29H41N3O7S. The Kier molecular flexibility index (Phi) is 11.7. The Balaban J connectivity index is 1.88. The van der Waals surface area contributed by atoms with Crippen LogP contribution in [0.2, 0.25) is 0 Å². The normalized spacial score (nSPS) is 11.9. The van der Waals surface area contributed by atoms with Crippen LogP contribution in [0.3, 0.4) is 0 Å². The van der Waals surface area contributed by atoms with Crippen molar-refractivity contribution < 1.29 is 31.7 Å². The Labute approximate surface area is 237 Å². The standard InChI is InChI=1S/C29H41N3O7S/c1-21-10-16-24(17-11-21)40(35,36)37-20-8-9-22-12-14-23(15-13-22)18-19-30-25(31-26(33)38-28(2,3)4)32-27(34)39-29(5,6)7/h10-17H,8-9,18-20H2,1-7H3,(H2,30,31,32,33,34). The van der Waals surface area contributed by atoms with Crippen molar-refractivity contribution >= 4 is 28.3 Å². The van der Waals surface area contributed by atoms with Crippen LogP contribution in [0.4, 0.5) is 9.59 Å². The fraction of sp³-hybridized carbons (Fsp3) is 0.483. The van der Waals surface area contributed by atoms with E-state index in [2.05, 4.69) is 15.6 Å². The first kappa shape index (κ1) is 32.8. The van der Waals surface area contributed by atoms with E-state index in [0.717, 1.165) is 16.7 Å². The second-order valence-corrected chi connectivity index (χ2v) is 12.9. The average molecular weight is 576 g/mol. The van der Waals surface area contributed by atoms with Crippen molar-refractivity contribution in [1.82, 2.24) is 10.6 Å². The third-order valence-electron chi connectivity index (χ3n) is 5.09.